The van der Waals surface area contributed by atoms with Gasteiger partial charge in [-0.25, -0.2) is 9.48 Å². The summed E-state index contributed by atoms with van der Waals surface area (Å²) in [5.41, 5.74) is 2.36. The van der Waals surface area contributed by atoms with E-state index < -0.39 is 18.5 Å². The number of ether oxygens (including phenoxy) is 2. The largest absolute Gasteiger partial charge is 0.482 e. The van der Waals surface area contributed by atoms with E-state index in [1.54, 1.807) is 10.7 Å². The quantitative estimate of drug-likeness (QED) is 0.582. The van der Waals surface area contributed by atoms with E-state index in [4.69, 9.17) is 9.47 Å². The number of rotatable bonds is 7. The lowest BCUT2D eigenvalue weighted by atomic mass is 9.92. The molecule has 0 aliphatic rings. The lowest BCUT2D eigenvalue weighted by molar-refractivity contribution is -0.149. The molecule has 7 nitrogen and oxygen atoms in total. The van der Waals surface area contributed by atoms with Crippen molar-refractivity contribution in [3.8, 4) is 11.4 Å². The lowest BCUT2D eigenvalue weighted by Crippen LogP contribution is -2.24. The predicted octanol–water partition coefficient (Wildman–Crippen LogP) is 4.04. The van der Waals surface area contributed by atoms with Crippen LogP contribution >= 0.6 is 0 Å². The van der Waals surface area contributed by atoms with Gasteiger partial charge < -0.3 is 14.8 Å². The molecular weight excluding hydrogens is 394 g/mol. The zero-order valence-electron chi connectivity index (χ0n) is 18.2. The zero-order chi connectivity index (χ0) is 22.4. The Labute approximate surface area is 182 Å². The molecule has 0 aliphatic heterocycles. The van der Waals surface area contributed by atoms with Gasteiger partial charge in [-0.2, -0.15) is 5.10 Å². The fourth-order valence-corrected chi connectivity index (χ4v) is 2.82. The van der Waals surface area contributed by atoms with Crippen LogP contribution in [-0.4, -0.2) is 34.9 Å². The SMILES string of the molecule is Cc1ccccc1OCC(=O)OCC(=O)Nc1cc(C(C)(C)C)nn1-c1ccccc1. The number of anilines is 1. The van der Waals surface area contributed by atoms with Crippen LogP contribution in [0, 0.1) is 6.92 Å². The molecule has 31 heavy (non-hydrogen) atoms. The smallest absolute Gasteiger partial charge is 0.344 e. The topological polar surface area (TPSA) is 82.4 Å². The van der Waals surface area contributed by atoms with Crippen LogP contribution in [0.2, 0.25) is 0 Å². The van der Waals surface area contributed by atoms with Crippen LogP contribution in [0.15, 0.2) is 60.7 Å². The van der Waals surface area contributed by atoms with Crippen LogP contribution in [0.1, 0.15) is 32.0 Å². The van der Waals surface area contributed by atoms with Crippen molar-refractivity contribution in [1.82, 2.24) is 9.78 Å². The van der Waals surface area contributed by atoms with Gasteiger partial charge in [-0.15, -0.1) is 0 Å². The second-order valence-electron chi connectivity index (χ2n) is 8.18. The summed E-state index contributed by atoms with van der Waals surface area (Å²) in [5.74, 6) is 0.0332. The summed E-state index contributed by atoms with van der Waals surface area (Å²) in [7, 11) is 0. The van der Waals surface area contributed by atoms with Crippen molar-refractivity contribution in [2.75, 3.05) is 18.5 Å². The molecule has 0 bridgehead atoms. The molecule has 1 amide bonds. The zero-order valence-corrected chi connectivity index (χ0v) is 18.2. The highest BCUT2D eigenvalue weighted by Gasteiger charge is 2.21. The van der Waals surface area contributed by atoms with Crippen LogP contribution in [0.25, 0.3) is 5.69 Å². The Morgan fingerprint density at radius 3 is 2.35 bits per heavy atom. The van der Waals surface area contributed by atoms with Crippen molar-refractivity contribution in [2.24, 2.45) is 0 Å². The summed E-state index contributed by atoms with van der Waals surface area (Å²) in [5, 5.41) is 7.43. The Hall–Kier alpha value is -3.61. The maximum atomic E-state index is 12.4. The summed E-state index contributed by atoms with van der Waals surface area (Å²) in [6.45, 7) is 7.34. The summed E-state index contributed by atoms with van der Waals surface area (Å²) in [6.07, 6.45) is 0. The standard InChI is InChI=1S/C24H27N3O4/c1-17-10-8-9-13-19(17)30-16-23(29)31-15-22(28)25-21-14-20(24(2,3)4)26-27(21)18-11-6-5-7-12-18/h5-14H,15-16H2,1-4H3,(H,25,28). The van der Waals surface area contributed by atoms with Gasteiger partial charge in [0.25, 0.3) is 5.91 Å². The molecule has 1 N–H and O–H groups in total. The van der Waals surface area contributed by atoms with E-state index in [1.807, 2.05) is 82.3 Å². The van der Waals surface area contributed by atoms with E-state index in [0.29, 0.717) is 11.6 Å². The van der Waals surface area contributed by atoms with E-state index >= 15 is 0 Å². The van der Waals surface area contributed by atoms with Gasteiger partial charge in [-0.05, 0) is 30.7 Å². The molecular formula is C24H27N3O4. The highest BCUT2D eigenvalue weighted by Crippen LogP contribution is 2.26. The first-order valence-corrected chi connectivity index (χ1v) is 10.0. The van der Waals surface area contributed by atoms with Crippen LogP contribution < -0.4 is 10.1 Å². The maximum Gasteiger partial charge on any atom is 0.344 e. The number of aromatic nitrogens is 2. The van der Waals surface area contributed by atoms with Crippen molar-refractivity contribution in [1.29, 1.82) is 0 Å². The monoisotopic (exact) mass is 421 g/mol. The highest BCUT2D eigenvalue weighted by atomic mass is 16.6. The van der Waals surface area contributed by atoms with Gasteiger partial charge in [0.1, 0.15) is 11.6 Å². The fourth-order valence-electron chi connectivity index (χ4n) is 2.82. The summed E-state index contributed by atoms with van der Waals surface area (Å²) in [6, 6.07) is 18.7. The first-order chi connectivity index (χ1) is 14.7. The number of hydrogen-bond donors (Lipinski definition) is 1. The molecule has 162 valence electrons. The minimum atomic E-state index is -0.620. The number of benzene rings is 2. The minimum Gasteiger partial charge on any atom is -0.482 e. The number of nitrogens with one attached hydrogen (secondary N) is 1. The van der Waals surface area contributed by atoms with Crippen molar-refractivity contribution < 1.29 is 19.1 Å². The molecule has 0 saturated heterocycles. The number of nitrogens with zero attached hydrogens (tertiary/aromatic N) is 2. The normalized spacial score (nSPS) is 11.1. The second-order valence-corrected chi connectivity index (χ2v) is 8.18. The first kappa shape index (κ1) is 22.1. The molecule has 0 fully saturated rings. The third kappa shape index (κ3) is 5.94. The highest BCUT2D eigenvalue weighted by molar-refractivity contribution is 5.92. The molecule has 2 aromatic carbocycles. The number of hydrogen-bond acceptors (Lipinski definition) is 5. The average Bonchev–Trinajstić information content (AvgIpc) is 3.16. The number of carbonyl (C=O) groups is 2. The molecule has 0 spiro atoms. The van der Waals surface area contributed by atoms with Crippen LogP contribution in [0.3, 0.4) is 0 Å². The average molecular weight is 421 g/mol. The fraction of sp³-hybridized carbons (Fsp3) is 0.292. The Kier molecular flexibility index (Phi) is 6.74. The number of esters is 1. The number of aryl methyl sites for hydroxylation is 1. The number of carbonyl (C=O) groups excluding carboxylic acids is 2. The minimum absolute atomic E-state index is 0.196. The number of amides is 1. The summed E-state index contributed by atoms with van der Waals surface area (Å²) in [4.78, 5) is 24.4. The van der Waals surface area contributed by atoms with Gasteiger partial charge in [0.15, 0.2) is 13.2 Å². The Morgan fingerprint density at radius 2 is 1.68 bits per heavy atom. The van der Waals surface area contributed by atoms with E-state index in [2.05, 4.69) is 10.4 Å². The molecule has 3 rings (SSSR count). The third-order valence-electron chi connectivity index (χ3n) is 4.55. The lowest BCUT2D eigenvalue weighted by Gasteiger charge is -2.14. The molecule has 3 aromatic rings. The van der Waals surface area contributed by atoms with Crippen LogP contribution in [0.5, 0.6) is 5.75 Å². The van der Waals surface area contributed by atoms with Gasteiger partial charge in [0, 0.05) is 11.5 Å². The molecule has 1 heterocycles. The van der Waals surface area contributed by atoms with Crippen molar-refractivity contribution in [3.63, 3.8) is 0 Å². The van der Waals surface area contributed by atoms with Crippen LogP contribution in [-0.2, 0) is 19.7 Å². The van der Waals surface area contributed by atoms with E-state index in [0.717, 1.165) is 16.9 Å². The van der Waals surface area contributed by atoms with Gasteiger partial charge in [-0.1, -0.05) is 57.2 Å². The van der Waals surface area contributed by atoms with E-state index in [9.17, 15) is 9.59 Å². The summed E-state index contributed by atoms with van der Waals surface area (Å²) < 4.78 is 12.2. The molecule has 0 radical (unpaired) electrons. The number of para-hydroxylation sites is 2. The van der Waals surface area contributed by atoms with Crippen molar-refractivity contribution in [3.05, 3.63) is 71.9 Å². The molecule has 1 aromatic heterocycles. The Morgan fingerprint density at radius 1 is 1.00 bits per heavy atom. The van der Waals surface area contributed by atoms with Crippen LogP contribution in [0.4, 0.5) is 5.82 Å². The van der Waals surface area contributed by atoms with Gasteiger partial charge in [0.05, 0.1) is 11.4 Å². The Balaban J connectivity index is 1.61. The van der Waals surface area contributed by atoms with Gasteiger partial charge in [-0.3, -0.25) is 4.79 Å². The summed E-state index contributed by atoms with van der Waals surface area (Å²) >= 11 is 0. The molecule has 0 unspecified atom stereocenters. The Bertz CT molecular complexity index is 1050. The molecule has 0 atom stereocenters. The van der Waals surface area contributed by atoms with E-state index in [-0.39, 0.29) is 12.0 Å². The third-order valence-corrected chi connectivity index (χ3v) is 4.55. The van der Waals surface area contributed by atoms with E-state index in [1.165, 1.54) is 0 Å². The van der Waals surface area contributed by atoms with Gasteiger partial charge in [0.2, 0.25) is 0 Å². The second kappa shape index (κ2) is 9.47. The molecule has 0 saturated carbocycles. The van der Waals surface area contributed by atoms with Gasteiger partial charge >= 0.3 is 5.97 Å². The van der Waals surface area contributed by atoms with Crippen molar-refractivity contribution >= 4 is 17.7 Å². The predicted molar refractivity (Wildman–Crippen MR) is 119 cm³/mol. The molecule has 0 aliphatic carbocycles. The first-order valence-electron chi connectivity index (χ1n) is 10.0. The van der Waals surface area contributed by atoms with Crippen molar-refractivity contribution in [2.45, 2.75) is 33.1 Å². The molecule has 7 heteroatoms. The maximum absolute atomic E-state index is 12.4.